The molecule has 36 heavy (non-hydrogen) atoms. The lowest BCUT2D eigenvalue weighted by molar-refractivity contribution is -0.137. The number of aryl methyl sites for hydroxylation is 1. The first-order valence-electron chi connectivity index (χ1n) is 11.2. The number of halogens is 4. The Morgan fingerprint density at radius 1 is 0.861 bits per heavy atom. The Morgan fingerprint density at radius 2 is 1.47 bits per heavy atom. The number of rotatable bonds is 4. The maximum Gasteiger partial charge on any atom is 0.416 e. The lowest BCUT2D eigenvalue weighted by Crippen LogP contribution is -2.49. The maximum absolute atomic E-state index is 13.7. The summed E-state index contributed by atoms with van der Waals surface area (Å²) in [6, 6.07) is 13.4. The molecule has 4 rings (SSSR count). The number of carbonyl (C=O) groups is 1. The highest BCUT2D eigenvalue weighted by Crippen LogP contribution is 2.32. The molecule has 190 valence electrons. The zero-order valence-corrected chi connectivity index (χ0v) is 20.5. The molecule has 0 atom stereocenters. The van der Waals surface area contributed by atoms with E-state index in [4.69, 9.17) is 0 Å². The molecule has 0 unspecified atom stereocenters. The normalized spacial score (nSPS) is 14.7. The van der Waals surface area contributed by atoms with Crippen molar-refractivity contribution in [3.05, 3.63) is 83.2 Å². The van der Waals surface area contributed by atoms with E-state index in [-0.39, 0.29) is 16.4 Å². The molecule has 0 saturated carbocycles. The molecular weight excluding hydrogens is 496 g/mol. The van der Waals surface area contributed by atoms with Crippen molar-refractivity contribution in [3.8, 4) is 11.1 Å². The smallest absolute Gasteiger partial charge is 0.368 e. The first-order valence-corrected chi connectivity index (χ1v) is 13.1. The van der Waals surface area contributed by atoms with Crippen LogP contribution < -0.4 is 4.90 Å². The van der Waals surface area contributed by atoms with Crippen molar-refractivity contribution in [2.24, 2.45) is 0 Å². The summed E-state index contributed by atoms with van der Waals surface area (Å²) in [7, 11) is -3.58. The number of hydrogen-bond acceptors (Lipinski definition) is 4. The van der Waals surface area contributed by atoms with E-state index in [1.165, 1.54) is 36.4 Å². The maximum atomic E-state index is 13.7. The van der Waals surface area contributed by atoms with Crippen molar-refractivity contribution in [3.63, 3.8) is 0 Å². The van der Waals surface area contributed by atoms with Gasteiger partial charge in [0.25, 0.3) is 5.91 Å². The zero-order chi connectivity index (χ0) is 26.3. The van der Waals surface area contributed by atoms with Crippen LogP contribution in [0.25, 0.3) is 11.1 Å². The molecule has 1 amide bonds. The Balaban J connectivity index is 1.60. The number of nitrogens with zero attached hydrogens (tertiary/aromatic N) is 2. The Kier molecular flexibility index (Phi) is 6.83. The molecule has 0 N–H and O–H groups in total. The molecule has 1 heterocycles. The van der Waals surface area contributed by atoms with Crippen molar-refractivity contribution < 1.29 is 30.8 Å². The minimum atomic E-state index is -4.41. The molecule has 5 nitrogen and oxygen atoms in total. The van der Waals surface area contributed by atoms with Crippen LogP contribution in [0, 0.1) is 12.7 Å². The van der Waals surface area contributed by atoms with Gasteiger partial charge < -0.3 is 9.80 Å². The average molecular weight is 521 g/mol. The van der Waals surface area contributed by atoms with E-state index >= 15 is 0 Å². The van der Waals surface area contributed by atoms with Gasteiger partial charge >= 0.3 is 6.18 Å². The van der Waals surface area contributed by atoms with Crippen molar-refractivity contribution in [2.45, 2.75) is 18.0 Å². The molecule has 0 aliphatic carbocycles. The predicted molar refractivity (Wildman–Crippen MR) is 129 cm³/mol. The van der Waals surface area contributed by atoms with Gasteiger partial charge in [-0.2, -0.15) is 13.2 Å². The summed E-state index contributed by atoms with van der Waals surface area (Å²) in [6.07, 6.45) is -3.35. The Morgan fingerprint density at radius 3 is 2.03 bits per heavy atom. The summed E-state index contributed by atoms with van der Waals surface area (Å²) in [5, 5.41) is 0. The van der Waals surface area contributed by atoms with Gasteiger partial charge in [-0.25, -0.2) is 12.8 Å². The quantitative estimate of drug-likeness (QED) is 0.445. The van der Waals surface area contributed by atoms with E-state index in [0.717, 1.165) is 18.4 Å². The van der Waals surface area contributed by atoms with Crippen LogP contribution in [0.1, 0.15) is 21.5 Å². The first-order chi connectivity index (χ1) is 16.8. The summed E-state index contributed by atoms with van der Waals surface area (Å²) in [4.78, 5) is 17.0. The number of hydrogen-bond donors (Lipinski definition) is 0. The van der Waals surface area contributed by atoms with E-state index in [2.05, 4.69) is 0 Å². The number of carbonyl (C=O) groups excluding carboxylic acids is 1. The van der Waals surface area contributed by atoms with Gasteiger partial charge in [0.15, 0.2) is 9.84 Å². The van der Waals surface area contributed by atoms with E-state index in [1.807, 2.05) is 4.90 Å². The largest absolute Gasteiger partial charge is 0.416 e. The fourth-order valence-electron chi connectivity index (χ4n) is 4.29. The molecule has 0 spiro atoms. The third-order valence-electron chi connectivity index (χ3n) is 6.25. The summed E-state index contributed by atoms with van der Waals surface area (Å²) >= 11 is 0. The first kappa shape index (κ1) is 25.7. The number of alkyl halides is 3. The molecule has 1 aliphatic heterocycles. The molecule has 1 saturated heterocycles. The second-order valence-corrected chi connectivity index (χ2v) is 10.8. The van der Waals surface area contributed by atoms with Crippen LogP contribution in [-0.4, -0.2) is 51.7 Å². The Hall–Kier alpha value is -3.40. The van der Waals surface area contributed by atoms with E-state index in [1.54, 1.807) is 24.0 Å². The van der Waals surface area contributed by atoms with Gasteiger partial charge in [-0.3, -0.25) is 4.79 Å². The number of benzene rings is 3. The third-order valence-corrected chi connectivity index (χ3v) is 7.37. The van der Waals surface area contributed by atoms with Gasteiger partial charge in [-0.15, -0.1) is 0 Å². The van der Waals surface area contributed by atoms with Crippen LogP contribution in [0.5, 0.6) is 0 Å². The molecule has 3 aromatic carbocycles. The van der Waals surface area contributed by atoms with Gasteiger partial charge in [-0.1, -0.05) is 12.1 Å². The minimum absolute atomic E-state index is 0.00208. The van der Waals surface area contributed by atoms with Crippen molar-refractivity contribution in [1.29, 1.82) is 0 Å². The monoisotopic (exact) mass is 520 g/mol. The summed E-state index contributed by atoms with van der Waals surface area (Å²) in [5.74, 6) is -0.789. The van der Waals surface area contributed by atoms with Crippen LogP contribution in [0.15, 0.2) is 65.6 Å². The van der Waals surface area contributed by atoms with Crippen LogP contribution in [0.2, 0.25) is 0 Å². The predicted octanol–water partition coefficient (Wildman–Crippen LogP) is 5.19. The fourth-order valence-corrected chi connectivity index (χ4v) is 4.94. The molecule has 0 bridgehead atoms. The van der Waals surface area contributed by atoms with E-state index in [0.29, 0.717) is 48.6 Å². The van der Waals surface area contributed by atoms with Crippen LogP contribution >= 0.6 is 0 Å². The topological polar surface area (TPSA) is 57.7 Å². The molecule has 0 aromatic heterocycles. The molecule has 10 heteroatoms. The van der Waals surface area contributed by atoms with E-state index < -0.39 is 27.4 Å². The van der Waals surface area contributed by atoms with Crippen LogP contribution in [-0.2, 0) is 16.0 Å². The summed E-state index contributed by atoms with van der Waals surface area (Å²) in [5.41, 5.74) is 1.79. The number of amides is 1. The van der Waals surface area contributed by atoms with Gasteiger partial charge in [0.2, 0.25) is 0 Å². The van der Waals surface area contributed by atoms with Gasteiger partial charge in [0, 0.05) is 43.7 Å². The highest BCUT2D eigenvalue weighted by atomic mass is 32.2. The second kappa shape index (κ2) is 9.57. The minimum Gasteiger partial charge on any atom is -0.368 e. The van der Waals surface area contributed by atoms with Crippen molar-refractivity contribution in [2.75, 3.05) is 37.3 Å². The molecule has 0 radical (unpaired) electrons. The number of anilines is 1. The molecular formula is C26H24F4N2O3S. The number of piperazine rings is 1. The average Bonchev–Trinajstić information content (AvgIpc) is 2.82. The highest BCUT2D eigenvalue weighted by Gasteiger charge is 2.31. The van der Waals surface area contributed by atoms with Gasteiger partial charge in [-0.05, 0) is 72.1 Å². The Labute approximate surface area is 206 Å². The zero-order valence-electron chi connectivity index (χ0n) is 19.6. The van der Waals surface area contributed by atoms with E-state index in [9.17, 15) is 30.8 Å². The second-order valence-electron chi connectivity index (χ2n) is 8.76. The Bertz CT molecular complexity index is 1400. The van der Waals surface area contributed by atoms with Crippen LogP contribution in [0.4, 0.5) is 23.2 Å². The SMILES string of the molecule is Cc1cc(F)ccc1-c1ccc(S(C)(=O)=O)cc1C(=O)N1CCN(c2ccc(C(F)(F)F)cc2)CC1. The van der Waals surface area contributed by atoms with Gasteiger partial charge in [0.1, 0.15) is 5.82 Å². The third kappa shape index (κ3) is 5.38. The number of sulfone groups is 1. The fraction of sp³-hybridized carbons (Fsp3) is 0.269. The highest BCUT2D eigenvalue weighted by molar-refractivity contribution is 7.90. The van der Waals surface area contributed by atoms with Gasteiger partial charge in [0.05, 0.1) is 10.5 Å². The standard InChI is InChI=1S/C26H24F4N2O3S/c1-17-15-19(27)5-9-22(17)23-10-8-21(36(2,34)35)16-24(23)25(33)32-13-11-31(12-14-32)20-6-3-18(4-7-20)26(28,29)30/h3-10,15-16H,11-14H2,1-2H3. The molecule has 3 aromatic rings. The summed E-state index contributed by atoms with van der Waals surface area (Å²) < 4.78 is 76.6. The lowest BCUT2D eigenvalue weighted by atomic mass is 9.95. The summed E-state index contributed by atoms with van der Waals surface area (Å²) in [6.45, 7) is 3.09. The lowest BCUT2D eigenvalue weighted by Gasteiger charge is -2.36. The molecule has 1 fully saturated rings. The van der Waals surface area contributed by atoms with Crippen LogP contribution in [0.3, 0.4) is 0 Å². The molecule has 1 aliphatic rings. The van der Waals surface area contributed by atoms with Crippen molar-refractivity contribution >= 4 is 21.4 Å². The van der Waals surface area contributed by atoms with Crippen molar-refractivity contribution in [1.82, 2.24) is 4.90 Å².